The number of rotatable bonds is 4. The molecule has 0 fully saturated rings. The molecule has 4 nitrogen and oxygen atoms in total. The van der Waals surface area contributed by atoms with Gasteiger partial charge < -0.3 is 11.1 Å². The highest BCUT2D eigenvalue weighted by Crippen LogP contribution is 2.28. The fourth-order valence-corrected chi connectivity index (χ4v) is 3.36. The molecule has 1 aliphatic carbocycles. The van der Waals surface area contributed by atoms with E-state index in [-0.39, 0.29) is 17.9 Å². The van der Waals surface area contributed by atoms with Gasteiger partial charge >= 0.3 is 0 Å². The lowest BCUT2D eigenvalue weighted by atomic mass is 10.0. The molecule has 0 saturated heterocycles. The second-order valence-electron chi connectivity index (χ2n) is 6.08. The Balaban J connectivity index is 1.97. The van der Waals surface area contributed by atoms with E-state index in [0.717, 1.165) is 17.1 Å². The third kappa shape index (κ3) is 3.46. The highest BCUT2D eigenvalue weighted by molar-refractivity contribution is 7.11. The molecule has 1 aliphatic rings. The van der Waals surface area contributed by atoms with Gasteiger partial charge in [-0.05, 0) is 40.0 Å². The number of hydrogen-bond donors (Lipinski definition) is 2. The second-order valence-corrected chi connectivity index (χ2v) is 7.29. The van der Waals surface area contributed by atoms with E-state index in [1.807, 2.05) is 26.8 Å². The Hall–Kier alpha value is -1.20. The minimum Gasteiger partial charge on any atom is -0.345 e. The molecule has 2 rings (SSSR count). The molecule has 2 atom stereocenters. The van der Waals surface area contributed by atoms with Crippen molar-refractivity contribution in [3.63, 3.8) is 0 Å². The van der Waals surface area contributed by atoms with Gasteiger partial charge in [-0.3, -0.25) is 4.79 Å². The van der Waals surface area contributed by atoms with Crippen LogP contribution in [0.25, 0.3) is 0 Å². The number of nitrogens with one attached hydrogen (secondary N) is 1. The predicted molar refractivity (Wildman–Crippen MR) is 82.6 cm³/mol. The van der Waals surface area contributed by atoms with Crippen molar-refractivity contribution in [1.82, 2.24) is 10.3 Å². The van der Waals surface area contributed by atoms with Gasteiger partial charge in [0.05, 0.1) is 11.2 Å². The zero-order valence-electron chi connectivity index (χ0n) is 12.6. The fourth-order valence-electron chi connectivity index (χ4n) is 2.39. The molecule has 20 heavy (non-hydrogen) atoms. The summed E-state index contributed by atoms with van der Waals surface area (Å²) in [7, 11) is 0. The molecule has 1 aromatic rings. The van der Waals surface area contributed by atoms with E-state index in [9.17, 15) is 4.79 Å². The number of carbonyl (C=O) groups excluding carboxylic acids is 1. The number of hydrogen-bond acceptors (Lipinski definition) is 4. The largest absolute Gasteiger partial charge is 0.345 e. The molecule has 0 radical (unpaired) electrons. The Bertz CT molecular complexity index is 514. The Kier molecular flexibility index (Phi) is 4.30. The molecule has 0 bridgehead atoms. The van der Waals surface area contributed by atoms with Crippen molar-refractivity contribution < 1.29 is 4.79 Å². The van der Waals surface area contributed by atoms with Crippen LogP contribution >= 0.6 is 11.3 Å². The van der Waals surface area contributed by atoms with Crippen molar-refractivity contribution >= 4 is 17.2 Å². The number of aryl methyl sites for hydroxylation is 2. The number of nitrogens with two attached hydrogens (primary N) is 1. The van der Waals surface area contributed by atoms with Crippen molar-refractivity contribution in [3.8, 4) is 0 Å². The van der Waals surface area contributed by atoms with Gasteiger partial charge in [0, 0.05) is 17.3 Å². The Morgan fingerprint density at radius 2 is 2.20 bits per heavy atom. The van der Waals surface area contributed by atoms with Gasteiger partial charge in [-0.2, -0.15) is 0 Å². The topological polar surface area (TPSA) is 68.0 Å². The molecule has 0 spiro atoms. The van der Waals surface area contributed by atoms with Crippen LogP contribution in [0.15, 0.2) is 12.2 Å². The first-order valence-corrected chi connectivity index (χ1v) is 7.79. The lowest BCUT2D eigenvalue weighted by Gasteiger charge is -2.24. The molecule has 110 valence electrons. The zero-order chi connectivity index (χ0) is 14.9. The average Bonchev–Trinajstić information content (AvgIpc) is 2.86. The monoisotopic (exact) mass is 293 g/mol. The lowest BCUT2D eigenvalue weighted by Crippen LogP contribution is -2.41. The highest BCUT2D eigenvalue weighted by Gasteiger charge is 2.28. The number of nitrogens with zero attached hydrogens (tertiary/aromatic N) is 1. The summed E-state index contributed by atoms with van der Waals surface area (Å²) in [4.78, 5) is 17.9. The van der Waals surface area contributed by atoms with Crippen molar-refractivity contribution in [3.05, 3.63) is 27.7 Å². The van der Waals surface area contributed by atoms with E-state index >= 15 is 0 Å². The summed E-state index contributed by atoms with van der Waals surface area (Å²) < 4.78 is 0. The van der Waals surface area contributed by atoms with Crippen molar-refractivity contribution in [2.24, 2.45) is 11.7 Å². The van der Waals surface area contributed by atoms with Gasteiger partial charge in [-0.25, -0.2) is 4.98 Å². The molecule has 0 aromatic carbocycles. The maximum absolute atomic E-state index is 12.2. The highest BCUT2D eigenvalue weighted by atomic mass is 32.1. The van der Waals surface area contributed by atoms with Crippen molar-refractivity contribution in [1.29, 1.82) is 0 Å². The molecular formula is C15H23N3OS. The maximum Gasteiger partial charge on any atom is 0.221 e. The van der Waals surface area contributed by atoms with Crippen LogP contribution in [0.5, 0.6) is 0 Å². The molecule has 1 amide bonds. The zero-order valence-corrected chi connectivity index (χ0v) is 13.4. The summed E-state index contributed by atoms with van der Waals surface area (Å²) in [5.74, 6) is 0.324. The van der Waals surface area contributed by atoms with Crippen LogP contribution in [-0.4, -0.2) is 16.9 Å². The summed E-state index contributed by atoms with van der Waals surface area (Å²) in [5.41, 5.74) is 6.43. The third-order valence-corrected chi connectivity index (χ3v) is 5.06. The smallest absolute Gasteiger partial charge is 0.221 e. The minimum atomic E-state index is -0.425. The summed E-state index contributed by atoms with van der Waals surface area (Å²) in [6.45, 7) is 8.05. The first-order chi connectivity index (χ1) is 9.28. The van der Waals surface area contributed by atoms with Crippen LogP contribution in [-0.2, 0) is 10.3 Å². The van der Waals surface area contributed by atoms with E-state index in [0.29, 0.717) is 6.42 Å². The van der Waals surface area contributed by atoms with Crippen LogP contribution in [0.1, 0.15) is 42.3 Å². The quantitative estimate of drug-likeness (QED) is 0.838. The van der Waals surface area contributed by atoms with Gasteiger partial charge in [-0.15, -0.1) is 11.3 Å². The number of thiazole rings is 1. The standard InChI is InChI=1S/C15H23N3OS/c1-9-10(2)20-14(17-9)15(3,4)18-13(19)8-11-5-6-12(16)7-11/h5-6,11-12H,7-8,16H2,1-4H3,(H,18,19)/t11-,12+/m1/s1. The summed E-state index contributed by atoms with van der Waals surface area (Å²) in [6, 6.07) is 0.102. The third-order valence-electron chi connectivity index (χ3n) is 3.67. The predicted octanol–water partition coefficient (Wildman–Crippen LogP) is 2.40. The average molecular weight is 293 g/mol. The van der Waals surface area contributed by atoms with Crippen LogP contribution in [0, 0.1) is 19.8 Å². The molecule has 1 aromatic heterocycles. The minimum absolute atomic E-state index is 0.0595. The Labute approximate surface area is 124 Å². The van der Waals surface area contributed by atoms with Crippen LogP contribution in [0.3, 0.4) is 0 Å². The fraction of sp³-hybridized carbons (Fsp3) is 0.600. The summed E-state index contributed by atoms with van der Waals surface area (Å²) >= 11 is 1.65. The molecule has 5 heteroatoms. The van der Waals surface area contributed by atoms with Crippen molar-refractivity contribution in [2.45, 2.75) is 52.1 Å². The second kappa shape index (κ2) is 5.66. The SMILES string of the molecule is Cc1nc(C(C)(C)NC(=O)C[C@@H]2C=C[C@H](N)C2)sc1C. The van der Waals surface area contributed by atoms with E-state index in [4.69, 9.17) is 5.73 Å². The van der Waals surface area contributed by atoms with E-state index < -0.39 is 5.54 Å². The van der Waals surface area contributed by atoms with Gasteiger partial charge in [0.25, 0.3) is 0 Å². The number of aromatic nitrogens is 1. The molecule has 0 aliphatic heterocycles. The number of allylic oxidation sites excluding steroid dienone is 1. The van der Waals surface area contributed by atoms with E-state index in [2.05, 4.69) is 23.3 Å². The molecule has 1 heterocycles. The van der Waals surface area contributed by atoms with Gasteiger partial charge in [-0.1, -0.05) is 12.2 Å². The Morgan fingerprint density at radius 3 is 2.70 bits per heavy atom. The first-order valence-electron chi connectivity index (χ1n) is 6.97. The molecule has 3 N–H and O–H groups in total. The number of carbonyl (C=O) groups is 1. The van der Waals surface area contributed by atoms with Crippen molar-refractivity contribution in [2.75, 3.05) is 0 Å². The molecule has 0 saturated carbocycles. The lowest BCUT2D eigenvalue weighted by molar-refractivity contribution is -0.123. The van der Waals surface area contributed by atoms with Gasteiger partial charge in [0.15, 0.2) is 0 Å². The number of amides is 1. The summed E-state index contributed by atoms with van der Waals surface area (Å²) in [6.07, 6.45) is 5.39. The Morgan fingerprint density at radius 1 is 1.50 bits per heavy atom. The molecule has 0 unspecified atom stereocenters. The summed E-state index contributed by atoms with van der Waals surface area (Å²) in [5, 5.41) is 4.05. The van der Waals surface area contributed by atoms with Crippen LogP contribution < -0.4 is 11.1 Å². The van der Waals surface area contributed by atoms with Crippen LogP contribution in [0.4, 0.5) is 0 Å². The first kappa shape index (κ1) is 15.2. The van der Waals surface area contributed by atoms with Crippen LogP contribution in [0.2, 0.25) is 0 Å². The van der Waals surface area contributed by atoms with Gasteiger partial charge in [0.2, 0.25) is 5.91 Å². The van der Waals surface area contributed by atoms with E-state index in [1.165, 1.54) is 4.88 Å². The van der Waals surface area contributed by atoms with E-state index in [1.54, 1.807) is 11.3 Å². The maximum atomic E-state index is 12.2. The van der Waals surface area contributed by atoms with Gasteiger partial charge in [0.1, 0.15) is 5.01 Å². The normalized spacial score (nSPS) is 22.2. The molecular weight excluding hydrogens is 270 g/mol.